The van der Waals surface area contributed by atoms with E-state index in [4.69, 9.17) is 4.74 Å². The van der Waals surface area contributed by atoms with Crippen LogP contribution in [-0.4, -0.2) is 18.2 Å². The molecule has 2 aromatic carbocycles. The molecule has 2 aromatic rings. The molecule has 0 spiro atoms. The predicted octanol–water partition coefficient (Wildman–Crippen LogP) is 3.95. The summed E-state index contributed by atoms with van der Waals surface area (Å²) in [6, 6.07) is 13.0. The summed E-state index contributed by atoms with van der Waals surface area (Å²) in [5.41, 5.74) is 4.96. The number of phenolic OH excluding ortho intramolecular Hbond substituents is 1. The Kier molecular flexibility index (Phi) is 3.96. The van der Waals surface area contributed by atoms with Crippen molar-refractivity contribution in [3.63, 3.8) is 0 Å². The molecule has 1 N–H and O–H groups in total. The lowest BCUT2D eigenvalue weighted by molar-refractivity contribution is 0.0600. The van der Waals surface area contributed by atoms with Crippen molar-refractivity contribution < 1.29 is 14.6 Å². The van der Waals surface area contributed by atoms with E-state index in [1.807, 2.05) is 24.3 Å². The summed E-state index contributed by atoms with van der Waals surface area (Å²) in [5.74, 6) is -0.0506. The zero-order chi connectivity index (χ0) is 15.5. The molecule has 22 heavy (non-hydrogen) atoms. The maximum absolute atomic E-state index is 11.7. The molecule has 0 amide bonds. The number of methoxy groups -OCH3 is 1. The van der Waals surface area contributed by atoms with E-state index in [9.17, 15) is 9.90 Å². The first-order valence-corrected chi connectivity index (χ1v) is 7.40. The molecular formula is C19H18O3. The van der Waals surface area contributed by atoms with Gasteiger partial charge in [-0.2, -0.15) is 0 Å². The average molecular weight is 294 g/mol. The molecule has 112 valence electrons. The second kappa shape index (κ2) is 6.06. The van der Waals surface area contributed by atoms with E-state index in [1.165, 1.54) is 7.11 Å². The molecule has 0 radical (unpaired) electrons. The molecule has 0 saturated carbocycles. The van der Waals surface area contributed by atoms with E-state index in [0.717, 1.165) is 41.5 Å². The monoisotopic (exact) mass is 294 g/mol. The summed E-state index contributed by atoms with van der Waals surface area (Å²) in [4.78, 5) is 11.7. The van der Waals surface area contributed by atoms with E-state index in [2.05, 4.69) is 6.08 Å². The minimum absolute atomic E-state index is 0.260. The fourth-order valence-electron chi connectivity index (χ4n) is 2.90. The van der Waals surface area contributed by atoms with Gasteiger partial charge in [0.05, 0.1) is 12.7 Å². The topological polar surface area (TPSA) is 46.5 Å². The van der Waals surface area contributed by atoms with Gasteiger partial charge in [-0.05, 0) is 65.8 Å². The van der Waals surface area contributed by atoms with Gasteiger partial charge < -0.3 is 9.84 Å². The number of benzene rings is 2. The molecule has 0 atom stereocenters. The van der Waals surface area contributed by atoms with Gasteiger partial charge in [0.25, 0.3) is 0 Å². The van der Waals surface area contributed by atoms with Crippen molar-refractivity contribution in [1.82, 2.24) is 0 Å². The first-order valence-electron chi connectivity index (χ1n) is 7.40. The maximum Gasteiger partial charge on any atom is 0.337 e. The highest BCUT2D eigenvalue weighted by molar-refractivity contribution is 5.91. The second-order valence-electron chi connectivity index (χ2n) is 5.42. The van der Waals surface area contributed by atoms with Crippen LogP contribution >= 0.6 is 0 Å². The third-order valence-electron chi connectivity index (χ3n) is 3.97. The number of carbonyl (C=O) groups excluding carboxylic acids is 1. The predicted molar refractivity (Wildman–Crippen MR) is 85.9 cm³/mol. The normalized spacial score (nSPS) is 13.8. The Hall–Kier alpha value is -2.55. The van der Waals surface area contributed by atoms with Crippen molar-refractivity contribution in [3.8, 4) is 5.75 Å². The summed E-state index contributed by atoms with van der Waals surface area (Å²) in [6.45, 7) is 0. The number of phenols is 1. The second-order valence-corrected chi connectivity index (χ2v) is 5.42. The van der Waals surface area contributed by atoms with Gasteiger partial charge >= 0.3 is 5.97 Å². The van der Waals surface area contributed by atoms with Crippen LogP contribution in [0.3, 0.4) is 0 Å². The highest BCUT2D eigenvalue weighted by atomic mass is 16.5. The number of aromatic hydroxyl groups is 1. The van der Waals surface area contributed by atoms with Crippen LogP contribution in [0.1, 0.15) is 39.9 Å². The maximum atomic E-state index is 11.7. The number of aryl methyl sites for hydroxylation is 1. The lowest BCUT2D eigenvalue weighted by Crippen LogP contribution is -2.03. The molecule has 3 heteroatoms. The van der Waals surface area contributed by atoms with Crippen LogP contribution in [0.5, 0.6) is 5.75 Å². The van der Waals surface area contributed by atoms with Crippen molar-refractivity contribution in [2.75, 3.05) is 7.11 Å². The molecule has 0 unspecified atom stereocenters. The third-order valence-corrected chi connectivity index (χ3v) is 3.97. The third kappa shape index (κ3) is 2.75. The van der Waals surface area contributed by atoms with Crippen LogP contribution in [0.2, 0.25) is 0 Å². The van der Waals surface area contributed by atoms with Gasteiger partial charge in [-0.1, -0.05) is 24.3 Å². The van der Waals surface area contributed by atoms with Gasteiger partial charge in [0.1, 0.15) is 5.75 Å². The number of hydrogen-bond acceptors (Lipinski definition) is 3. The summed E-state index contributed by atoms with van der Waals surface area (Å²) in [6.07, 6.45) is 5.16. The van der Waals surface area contributed by atoms with Crippen LogP contribution in [0, 0.1) is 0 Å². The largest absolute Gasteiger partial charge is 0.508 e. The Morgan fingerprint density at radius 1 is 1.18 bits per heavy atom. The molecule has 1 aliphatic rings. The van der Waals surface area contributed by atoms with E-state index < -0.39 is 0 Å². The molecular weight excluding hydrogens is 276 g/mol. The van der Waals surface area contributed by atoms with E-state index in [1.54, 1.807) is 18.2 Å². The zero-order valence-corrected chi connectivity index (χ0v) is 12.5. The summed E-state index contributed by atoms with van der Waals surface area (Å²) >= 11 is 0. The van der Waals surface area contributed by atoms with Crippen LogP contribution in [0.4, 0.5) is 0 Å². The average Bonchev–Trinajstić information content (AvgIpc) is 2.75. The Bertz CT molecular complexity index is 744. The lowest BCUT2D eigenvalue weighted by Gasteiger charge is -2.13. The van der Waals surface area contributed by atoms with Crippen molar-refractivity contribution in [1.29, 1.82) is 0 Å². The summed E-state index contributed by atoms with van der Waals surface area (Å²) in [7, 11) is 1.39. The smallest absolute Gasteiger partial charge is 0.337 e. The van der Waals surface area contributed by atoms with E-state index in [0.29, 0.717) is 5.56 Å². The lowest BCUT2D eigenvalue weighted by atomic mass is 9.92. The molecule has 0 aliphatic heterocycles. The van der Waals surface area contributed by atoms with Crippen molar-refractivity contribution in [2.24, 2.45) is 0 Å². The van der Waals surface area contributed by atoms with E-state index >= 15 is 0 Å². The van der Waals surface area contributed by atoms with Gasteiger partial charge in [-0.25, -0.2) is 4.79 Å². The summed E-state index contributed by atoms with van der Waals surface area (Å²) < 4.78 is 4.80. The van der Waals surface area contributed by atoms with E-state index in [-0.39, 0.29) is 11.7 Å². The Morgan fingerprint density at radius 2 is 2.05 bits per heavy atom. The number of esters is 1. The molecule has 0 bridgehead atoms. The van der Waals surface area contributed by atoms with Crippen LogP contribution < -0.4 is 0 Å². The number of allylic oxidation sites excluding steroid dienone is 1. The molecule has 3 rings (SSSR count). The van der Waals surface area contributed by atoms with Gasteiger partial charge in [0.15, 0.2) is 0 Å². The Labute approximate surface area is 129 Å². The van der Waals surface area contributed by atoms with Crippen LogP contribution in [0.25, 0.3) is 5.57 Å². The first-order chi connectivity index (χ1) is 10.7. The number of fused-ring (bicyclic) bond motifs is 1. The first kappa shape index (κ1) is 14.4. The number of hydrogen-bond donors (Lipinski definition) is 1. The minimum Gasteiger partial charge on any atom is -0.508 e. The van der Waals surface area contributed by atoms with Gasteiger partial charge in [0.2, 0.25) is 0 Å². The zero-order valence-electron chi connectivity index (χ0n) is 12.5. The molecule has 0 fully saturated rings. The molecule has 0 saturated heterocycles. The van der Waals surface area contributed by atoms with Crippen molar-refractivity contribution >= 4 is 11.5 Å². The molecule has 0 heterocycles. The standard InChI is InChI=1S/C19H18O3/c1-22-19(21)15-9-10-18-13(11-15)5-2-3-8-17(18)14-6-4-7-16(20)12-14/h4,6-12,20H,2-3,5H2,1H3. The highest BCUT2D eigenvalue weighted by Crippen LogP contribution is 2.32. The van der Waals surface area contributed by atoms with Crippen molar-refractivity contribution in [2.45, 2.75) is 19.3 Å². The van der Waals surface area contributed by atoms with Gasteiger partial charge in [0, 0.05) is 0 Å². The number of carbonyl (C=O) groups is 1. The van der Waals surface area contributed by atoms with Crippen molar-refractivity contribution in [3.05, 3.63) is 70.8 Å². The Morgan fingerprint density at radius 3 is 2.82 bits per heavy atom. The Balaban J connectivity index is 2.08. The molecule has 0 aromatic heterocycles. The number of rotatable bonds is 2. The number of ether oxygens (including phenoxy) is 1. The van der Waals surface area contributed by atoms with Gasteiger partial charge in [-0.3, -0.25) is 0 Å². The van der Waals surface area contributed by atoms with Crippen LogP contribution in [0.15, 0.2) is 48.5 Å². The quantitative estimate of drug-likeness (QED) is 0.853. The highest BCUT2D eigenvalue weighted by Gasteiger charge is 2.16. The summed E-state index contributed by atoms with van der Waals surface area (Å²) in [5, 5.41) is 9.72. The van der Waals surface area contributed by atoms with Crippen LogP contribution in [-0.2, 0) is 11.2 Å². The fourth-order valence-corrected chi connectivity index (χ4v) is 2.90. The fraction of sp³-hybridized carbons (Fsp3) is 0.211. The molecule has 1 aliphatic carbocycles. The SMILES string of the molecule is COC(=O)c1ccc2c(c1)CCCC=C2c1cccc(O)c1. The minimum atomic E-state index is -0.310. The van der Waals surface area contributed by atoms with Gasteiger partial charge in [-0.15, -0.1) is 0 Å². The molecule has 3 nitrogen and oxygen atoms in total.